The van der Waals surface area contributed by atoms with Crippen LogP contribution in [-0.4, -0.2) is 31.2 Å². The van der Waals surface area contributed by atoms with Crippen LogP contribution < -0.4 is 20.6 Å². The quantitative estimate of drug-likeness (QED) is 0.542. The molecule has 0 aliphatic rings. The van der Waals surface area contributed by atoms with Crippen LogP contribution in [0.15, 0.2) is 53.6 Å². The Morgan fingerprint density at radius 3 is 2.54 bits per heavy atom. The van der Waals surface area contributed by atoms with Crippen molar-refractivity contribution in [3.05, 3.63) is 59.7 Å². The summed E-state index contributed by atoms with van der Waals surface area (Å²) in [6.07, 6.45) is -0.266. The summed E-state index contributed by atoms with van der Waals surface area (Å²) in [6.45, 7) is 1.80. The summed E-state index contributed by atoms with van der Waals surface area (Å²) in [5.41, 5.74) is 5.01. The Hall–Kier alpha value is -3.35. The minimum Gasteiger partial charge on any atom is -0.550 e. The molecule has 0 aliphatic carbocycles. The number of rotatable bonds is 8. The van der Waals surface area contributed by atoms with Crippen LogP contribution in [0.25, 0.3) is 0 Å². The number of nitrogens with zero attached hydrogens (tertiary/aromatic N) is 1. The number of carbonyl (C=O) groups is 2. The number of amides is 1. The van der Waals surface area contributed by atoms with Crippen LogP contribution in [0.1, 0.15) is 18.1 Å². The zero-order valence-corrected chi connectivity index (χ0v) is 14.6. The third kappa shape index (κ3) is 5.62. The van der Waals surface area contributed by atoms with Crippen LogP contribution >= 0.6 is 0 Å². The zero-order valence-electron chi connectivity index (χ0n) is 14.6. The first-order valence-electron chi connectivity index (χ1n) is 7.98. The van der Waals surface area contributed by atoms with Gasteiger partial charge < -0.3 is 20.0 Å². The number of benzene rings is 2. The summed E-state index contributed by atoms with van der Waals surface area (Å²) in [7, 11) is 1.47. The second kappa shape index (κ2) is 9.22. The molecule has 7 nitrogen and oxygen atoms in total. The Balaban J connectivity index is 1.99. The van der Waals surface area contributed by atoms with Gasteiger partial charge in [-0.3, -0.25) is 4.79 Å². The fraction of sp³-hybridized carbons (Fsp3) is 0.211. The summed E-state index contributed by atoms with van der Waals surface area (Å²) in [5, 5.41) is 17.9. The molecule has 0 radical (unpaired) electrons. The minimum atomic E-state index is -1.20. The van der Waals surface area contributed by atoms with Crippen molar-refractivity contribution in [2.75, 3.05) is 19.0 Å². The molecule has 26 heavy (non-hydrogen) atoms. The van der Waals surface area contributed by atoms with E-state index in [-0.39, 0.29) is 18.9 Å². The molecule has 7 heteroatoms. The lowest BCUT2D eigenvalue weighted by molar-refractivity contribution is -0.304. The molecule has 0 atom stereocenters. The van der Waals surface area contributed by atoms with Gasteiger partial charge >= 0.3 is 0 Å². The SMILES string of the molecule is COc1ccc(/C(C)=N\NC(=O)CNc2ccccc2)cc1CC(=O)[O-]. The Bertz CT molecular complexity index is 804. The van der Waals surface area contributed by atoms with E-state index in [0.717, 1.165) is 5.69 Å². The van der Waals surface area contributed by atoms with E-state index in [9.17, 15) is 14.7 Å². The third-order valence-corrected chi connectivity index (χ3v) is 3.61. The lowest BCUT2D eigenvalue weighted by Gasteiger charge is -2.11. The lowest BCUT2D eigenvalue weighted by Crippen LogP contribution is -2.27. The molecule has 0 heterocycles. The Morgan fingerprint density at radius 1 is 1.15 bits per heavy atom. The summed E-state index contributed by atoms with van der Waals surface area (Å²) in [5.74, 6) is -1.03. The van der Waals surface area contributed by atoms with Gasteiger partial charge in [-0.2, -0.15) is 5.10 Å². The van der Waals surface area contributed by atoms with Gasteiger partial charge in [0, 0.05) is 23.6 Å². The van der Waals surface area contributed by atoms with Crippen molar-refractivity contribution in [1.29, 1.82) is 0 Å². The van der Waals surface area contributed by atoms with E-state index in [4.69, 9.17) is 4.74 Å². The van der Waals surface area contributed by atoms with Gasteiger partial charge in [-0.05, 0) is 42.8 Å². The highest BCUT2D eigenvalue weighted by atomic mass is 16.5. The van der Waals surface area contributed by atoms with E-state index in [2.05, 4.69) is 15.8 Å². The van der Waals surface area contributed by atoms with E-state index < -0.39 is 5.97 Å². The molecule has 0 aromatic heterocycles. The van der Waals surface area contributed by atoms with Crippen molar-refractivity contribution >= 4 is 23.3 Å². The predicted molar refractivity (Wildman–Crippen MR) is 97.0 cm³/mol. The van der Waals surface area contributed by atoms with Crippen LogP contribution in [0.5, 0.6) is 5.75 Å². The number of ether oxygens (including phenoxy) is 1. The number of para-hydroxylation sites is 1. The molecule has 2 aromatic carbocycles. The number of nitrogens with one attached hydrogen (secondary N) is 2. The summed E-state index contributed by atoms with van der Waals surface area (Å²) < 4.78 is 5.14. The van der Waals surface area contributed by atoms with E-state index in [0.29, 0.717) is 22.6 Å². The Labute approximate surface area is 151 Å². The van der Waals surface area contributed by atoms with Crippen molar-refractivity contribution in [2.24, 2.45) is 5.10 Å². The number of aliphatic carboxylic acids is 1. The maximum absolute atomic E-state index is 11.9. The van der Waals surface area contributed by atoms with Crippen molar-refractivity contribution < 1.29 is 19.4 Å². The molecular weight excluding hydrogens is 334 g/mol. The average molecular weight is 354 g/mol. The van der Waals surface area contributed by atoms with Gasteiger partial charge in [-0.15, -0.1) is 0 Å². The summed E-state index contributed by atoms with van der Waals surface area (Å²) >= 11 is 0. The molecule has 136 valence electrons. The fourth-order valence-corrected chi connectivity index (χ4v) is 2.29. The first-order valence-corrected chi connectivity index (χ1v) is 7.98. The molecule has 0 saturated heterocycles. The molecule has 2 N–H and O–H groups in total. The molecule has 0 unspecified atom stereocenters. The van der Waals surface area contributed by atoms with Crippen LogP contribution in [0.2, 0.25) is 0 Å². The Kier molecular flexibility index (Phi) is 6.73. The molecular formula is C19H20N3O4-. The van der Waals surface area contributed by atoms with Crippen molar-refractivity contribution in [3.8, 4) is 5.75 Å². The van der Waals surface area contributed by atoms with Crippen molar-refractivity contribution in [2.45, 2.75) is 13.3 Å². The molecule has 2 rings (SSSR count). The number of hydrogen-bond donors (Lipinski definition) is 2. The number of hydrogen-bond acceptors (Lipinski definition) is 6. The van der Waals surface area contributed by atoms with Crippen LogP contribution in [0.4, 0.5) is 5.69 Å². The van der Waals surface area contributed by atoms with Crippen LogP contribution in [0.3, 0.4) is 0 Å². The van der Waals surface area contributed by atoms with E-state index in [1.54, 1.807) is 25.1 Å². The molecule has 0 bridgehead atoms. The number of carbonyl (C=O) groups excluding carboxylic acids is 2. The number of carboxylic acids is 1. The van der Waals surface area contributed by atoms with Gasteiger partial charge in [0.2, 0.25) is 0 Å². The highest BCUT2D eigenvalue weighted by molar-refractivity contribution is 5.99. The highest BCUT2D eigenvalue weighted by Gasteiger charge is 2.07. The average Bonchev–Trinajstić information content (AvgIpc) is 2.64. The maximum atomic E-state index is 11.9. The van der Waals surface area contributed by atoms with E-state index >= 15 is 0 Å². The zero-order chi connectivity index (χ0) is 18.9. The molecule has 1 amide bonds. The van der Waals surface area contributed by atoms with Gasteiger partial charge in [0.05, 0.1) is 19.4 Å². The number of carboxylic acid groups (broad SMARTS) is 1. The largest absolute Gasteiger partial charge is 0.550 e. The molecule has 0 aliphatic heterocycles. The third-order valence-electron chi connectivity index (χ3n) is 3.61. The summed E-state index contributed by atoms with van der Waals surface area (Å²) in [4.78, 5) is 22.7. The number of methoxy groups -OCH3 is 1. The Morgan fingerprint density at radius 2 is 1.88 bits per heavy atom. The monoisotopic (exact) mass is 354 g/mol. The van der Waals surface area contributed by atoms with Crippen molar-refractivity contribution in [3.63, 3.8) is 0 Å². The number of anilines is 1. The van der Waals surface area contributed by atoms with Crippen LogP contribution in [-0.2, 0) is 16.0 Å². The smallest absolute Gasteiger partial charge is 0.259 e. The topological polar surface area (TPSA) is 103 Å². The standard InChI is InChI=1S/C19H21N3O4/c1-13(14-8-9-17(26-2)15(10-14)11-19(24)25)21-22-18(23)12-20-16-6-4-3-5-7-16/h3-10,20H,11-12H2,1-2H3,(H,22,23)(H,24,25)/p-1/b21-13-. The molecule has 0 spiro atoms. The second-order valence-electron chi connectivity index (χ2n) is 5.53. The normalized spacial score (nSPS) is 10.9. The minimum absolute atomic E-state index is 0.0827. The summed E-state index contributed by atoms with van der Waals surface area (Å²) in [6, 6.07) is 14.4. The van der Waals surface area contributed by atoms with Gasteiger partial charge in [0.25, 0.3) is 5.91 Å². The van der Waals surface area contributed by atoms with Crippen molar-refractivity contribution in [1.82, 2.24) is 5.43 Å². The molecule has 0 saturated carbocycles. The number of hydrazone groups is 1. The van der Waals surface area contributed by atoms with E-state index in [1.807, 2.05) is 30.3 Å². The molecule has 0 fully saturated rings. The highest BCUT2D eigenvalue weighted by Crippen LogP contribution is 2.20. The van der Waals surface area contributed by atoms with Gasteiger partial charge in [0.15, 0.2) is 0 Å². The van der Waals surface area contributed by atoms with Gasteiger partial charge in [-0.25, -0.2) is 5.43 Å². The fourth-order valence-electron chi connectivity index (χ4n) is 2.29. The van der Waals surface area contributed by atoms with Gasteiger partial charge in [-0.1, -0.05) is 18.2 Å². The first kappa shape index (κ1) is 19.0. The predicted octanol–water partition coefficient (Wildman–Crippen LogP) is 0.940. The maximum Gasteiger partial charge on any atom is 0.259 e. The second-order valence-corrected chi connectivity index (χ2v) is 5.53. The first-order chi connectivity index (χ1) is 12.5. The lowest BCUT2D eigenvalue weighted by atomic mass is 10.0. The van der Waals surface area contributed by atoms with E-state index in [1.165, 1.54) is 7.11 Å². The van der Waals surface area contributed by atoms with Crippen LogP contribution in [0, 0.1) is 0 Å². The van der Waals surface area contributed by atoms with Gasteiger partial charge in [0.1, 0.15) is 5.75 Å². The molecule has 2 aromatic rings.